The van der Waals surface area contributed by atoms with Crippen molar-refractivity contribution in [2.75, 3.05) is 20.3 Å². The number of ether oxygens (including phenoxy) is 1. The predicted molar refractivity (Wildman–Crippen MR) is 77.9 cm³/mol. The molecule has 104 valence electrons. The zero-order valence-electron chi connectivity index (χ0n) is 11.3. The van der Waals surface area contributed by atoms with Crippen molar-refractivity contribution in [3.8, 4) is 0 Å². The standard InChI is InChI=1S/C16H17NO3/c1-19-11-9-17-16(18)15(12-14-8-5-10-20-14)13-6-3-2-4-7-13/h2-8,10,12H,9,11H2,1H3,(H,17,18). The molecule has 0 saturated carbocycles. The molecule has 1 heterocycles. The van der Waals surface area contributed by atoms with Gasteiger partial charge < -0.3 is 14.5 Å². The fourth-order valence-corrected chi connectivity index (χ4v) is 1.78. The van der Waals surface area contributed by atoms with Gasteiger partial charge in [0.15, 0.2) is 0 Å². The molecule has 2 aromatic rings. The number of carbonyl (C=O) groups excluding carboxylic acids is 1. The van der Waals surface area contributed by atoms with Crippen LogP contribution in [0.25, 0.3) is 11.6 Å². The van der Waals surface area contributed by atoms with E-state index in [1.165, 1.54) is 0 Å². The van der Waals surface area contributed by atoms with E-state index in [1.807, 2.05) is 36.4 Å². The Balaban J connectivity index is 2.23. The van der Waals surface area contributed by atoms with Crippen LogP contribution in [0.4, 0.5) is 0 Å². The predicted octanol–water partition coefficient (Wildman–Crippen LogP) is 2.58. The highest BCUT2D eigenvalue weighted by Gasteiger charge is 2.12. The third-order valence-corrected chi connectivity index (χ3v) is 2.75. The molecule has 1 amide bonds. The minimum absolute atomic E-state index is 0.148. The normalized spacial score (nSPS) is 11.3. The van der Waals surface area contributed by atoms with E-state index in [0.717, 1.165) is 5.56 Å². The summed E-state index contributed by atoms with van der Waals surface area (Å²) in [6.45, 7) is 0.951. The maximum absolute atomic E-state index is 12.3. The molecule has 2 rings (SSSR count). The van der Waals surface area contributed by atoms with E-state index in [-0.39, 0.29) is 5.91 Å². The Morgan fingerprint density at radius 3 is 2.70 bits per heavy atom. The summed E-state index contributed by atoms with van der Waals surface area (Å²) in [5.74, 6) is 0.496. The lowest BCUT2D eigenvalue weighted by molar-refractivity contribution is -0.115. The van der Waals surface area contributed by atoms with E-state index in [1.54, 1.807) is 25.5 Å². The fraction of sp³-hybridized carbons (Fsp3) is 0.188. The summed E-state index contributed by atoms with van der Waals surface area (Å²) in [5.41, 5.74) is 1.41. The van der Waals surface area contributed by atoms with Gasteiger partial charge in [-0.1, -0.05) is 30.3 Å². The van der Waals surface area contributed by atoms with Crippen molar-refractivity contribution in [1.82, 2.24) is 5.32 Å². The summed E-state index contributed by atoms with van der Waals surface area (Å²) < 4.78 is 10.2. The van der Waals surface area contributed by atoms with Gasteiger partial charge in [0.05, 0.1) is 18.4 Å². The van der Waals surface area contributed by atoms with E-state index >= 15 is 0 Å². The van der Waals surface area contributed by atoms with E-state index in [0.29, 0.717) is 24.5 Å². The van der Waals surface area contributed by atoms with Crippen LogP contribution in [-0.2, 0) is 9.53 Å². The van der Waals surface area contributed by atoms with E-state index in [9.17, 15) is 4.79 Å². The Morgan fingerprint density at radius 2 is 2.05 bits per heavy atom. The van der Waals surface area contributed by atoms with Gasteiger partial charge in [0, 0.05) is 13.7 Å². The highest BCUT2D eigenvalue weighted by atomic mass is 16.5. The SMILES string of the molecule is COCCNC(=O)C(=Cc1ccco1)c1ccccc1. The molecule has 0 aliphatic carbocycles. The molecule has 20 heavy (non-hydrogen) atoms. The molecule has 0 unspecified atom stereocenters. The average molecular weight is 271 g/mol. The third kappa shape index (κ3) is 3.83. The topological polar surface area (TPSA) is 51.5 Å². The number of benzene rings is 1. The quantitative estimate of drug-likeness (QED) is 0.649. The van der Waals surface area contributed by atoms with Crippen LogP contribution < -0.4 is 5.32 Å². The fourth-order valence-electron chi connectivity index (χ4n) is 1.78. The zero-order chi connectivity index (χ0) is 14.2. The van der Waals surface area contributed by atoms with Gasteiger partial charge in [-0.05, 0) is 23.8 Å². The van der Waals surface area contributed by atoms with Gasteiger partial charge >= 0.3 is 0 Å². The van der Waals surface area contributed by atoms with Gasteiger partial charge in [-0.3, -0.25) is 4.79 Å². The molecule has 1 aromatic heterocycles. The number of carbonyl (C=O) groups is 1. The molecule has 0 atom stereocenters. The number of rotatable bonds is 6. The molecule has 0 spiro atoms. The van der Waals surface area contributed by atoms with Crippen molar-refractivity contribution in [3.05, 3.63) is 60.1 Å². The van der Waals surface area contributed by atoms with Crippen molar-refractivity contribution in [2.45, 2.75) is 0 Å². The zero-order valence-corrected chi connectivity index (χ0v) is 11.3. The molecular weight excluding hydrogens is 254 g/mol. The van der Waals surface area contributed by atoms with Gasteiger partial charge in [-0.25, -0.2) is 0 Å². The number of methoxy groups -OCH3 is 1. The molecule has 0 aliphatic heterocycles. The maximum Gasteiger partial charge on any atom is 0.252 e. The van der Waals surface area contributed by atoms with Crippen LogP contribution in [0.3, 0.4) is 0 Å². The van der Waals surface area contributed by atoms with Gasteiger partial charge in [0.1, 0.15) is 5.76 Å². The van der Waals surface area contributed by atoms with Crippen LogP contribution in [0.1, 0.15) is 11.3 Å². The molecule has 1 N–H and O–H groups in total. The Bertz CT molecular complexity index is 559. The van der Waals surface area contributed by atoms with Crippen LogP contribution in [0.2, 0.25) is 0 Å². The average Bonchev–Trinajstić information content (AvgIpc) is 2.99. The number of hydrogen-bond donors (Lipinski definition) is 1. The maximum atomic E-state index is 12.3. The van der Waals surface area contributed by atoms with Crippen molar-refractivity contribution < 1.29 is 13.9 Å². The second-order valence-corrected chi connectivity index (χ2v) is 4.19. The molecule has 0 aliphatic rings. The van der Waals surface area contributed by atoms with Crippen molar-refractivity contribution in [3.63, 3.8) is 0 Å². The summed E-state index contributed by atoms with van der Waals surface area (Å²) in [4.78, 5) is 12.3. The Kier molecular flexibility index (Phi) is 5.15. The van der Waals surface area contributed by atoms with Crippen LogP contribution in [0.15, 0.2) is 53.1 Å². The molecule has 0 radical (unpaired) electrons. The van der Waals surface area contributed by atoms with Gasteiger partial charge in [-0.2, -0.15) is 0 Å². The van der Waals surface area contributed by atoms with Crippen LogP contribution >= 0.6 is 0 Å². The molecule has 1 aromatic carbocycles. The first-order chi connectivity index (χ1) is 9.81. The summed E-state index contributed by atoms with van der Waals surface area (Å²) in [6.07, 6.45) is 3.31. The summed E-state index contributed by atoms with van der Waals surface area (Å²) >= 11 is 0. The summed E-state index contributed by atoms with van der Waals surface area (Å²) in [5, 5.41) is 2.82. The second kappa shape index (κ2) is 7.31. The first-order valence-electron chi connectivity index (χ1n) is 6.39. The largest absolute Gasteiger partial charge is 0.465 e. The van der Waals surface area contributed by atoms with Gasteiger partial charge in [0.25, 0.3) is 5.91 Å². The Hall–Kier alpha value is -2.33. The lowest BCUT2D eigenvalue weighted by atomic mass is 10.0. The van der Waals surface area contributed by atoms with E-state index in [4.69, 9.17) is 9.15 Å². The van der Waals surface area contributed by atoms with E-state index in [2.05, 4.69) is 5.32 Å². The highest BCUT2D eigenvalue weighted by Crippen LogP contribution is 2.18. The van der Waals surface area contributed by atoms with Gasteiger partial charge in [0.2, 0.25) is 0 Å². The minimum atomic E-state index is -0.148. The minimum Gasteiger partial charge on any atom is -0.465 e. The molecule has 0 bridgehead atoms. The summed E-state index contributed by atoms with van der Waals surface area (Å²) in [6, 6.07) is 13.1. The number of nitrogens with one attached hydrogen (secondary N) is 1. The molecular formula is C16H17NO3. The second-order valence-electron chi connectivity index (χ2n) is 4.19. The van der Waals surface area contributed by atoms with Crippen molar-refractivity contribution >= 4 is 17.6 Å². The molecule has 4 heteroatoms. The Morgan fingerprint density at radius 1 is 1.25 bits per heavy atom. The molecule has 0 saturated heterocycles. The van der Waals surface area contributed by atoms with Gasteiger partial charge in [-0.15, -0.1) is 0 Å². The highest BCUT2D eigenvalue weighted by molar-refractivity contribution is 6.24. The number of amides is 1. The third-order valence-electron chi connectivity index (χ3n) is 2.75. The van der Waals surface area contributed by atoms with Crippen molar-refractivity contribution in [1.29, 1.82) is 0 Å². The van der Waals surface area contributed by atoms with Crippen LogP contribution in [0, 0.1) is 0 Å². The molecule has 0 fully saturated rings. The first kappa shape index (κ1) is 14.1. The smallest absolute Gasteiger partial charge is 0.252 e. The van der Waals surface area contributed by atoms with Crippen molar-refractivity contribution in [2.24, 2.45) is 0 Å². The number of furan rings is 1. The van der Waals surface area contributed by atoms with Crippen LogP contribution in [0.5, 0.6) is 0 Å². The monoisotopic (exact) mass is 271 g/mol. The Labute approximate surface area is 118 Å². The van der Waals surface area contributed by atoms with Crippen LogP contribution in [-0.4, -0.2) is 26.2 Å². The summed E-state index contributed by atoms with van der Waals surface area (Å²) in [7, 11) is 1.60. The number of hydrogen-bond acceptors (Lipinski definition) is 3. The molecule has 4 nitrogen and oxygen atoms in total. The lowest BCUT2D eigenvalue weighted by Gasteiger charge is -2.08. The first-order valence-corrected chi connectivity index (χ1v) is 6.39. The van der Waals surface area contributed by atoms with E-state index < -0.39 is 0 Å². The lowest BCUT2D eigenvalue weighted by Crippen LogP contribution is -2.27.